The van der Waals surface area contributed by atoms with Gasteiger partial charge in [0.2, 0.25) is 17.7 Å². The fourth-order valence-electron chi connectivity index (χ4n) is 6.58. The Morgan fingerprint density at radius 1 is 1.11 bits per heavy atom. The van der Waals surface area contributed by atoms with Crippen LogP contribution in [0.3, 0.4) is 0 Å². The number of nitrogens with zero attached hydrogens (tertiary/aromatic N) is 1. The van der Waals surface area contributed by atoms with Crippen molar-refractivity contribution in [3.05, 3.63) is 65.2 Å². The lowest BCUT2D eigenvalue weighted by molar-refractivity contribution is -0.140. The van der Waals surface area contributed by atoms with Crippen LogP contribution in [0.1, 0.15) is 42.9 Å². The molecule has 3 N–H and O–H groups in total. The highest BCUT2D eigenvalue weighted by atomic mass is 32.2. The lowest BCUT2D eigenvalue weighted by Gasteiger charge is -2.35. The number of likely N-dealkylation sites (tertiary alicyclic amines) is 1. The molecular formula is C29H35N3O4S. The molecule has 196 valence electrons. The normalized spacial score (nSPS) is 29.9. The van der Waals surface area contributed by atoms with Crippen molar-refractivity contribution in [1.82, 2.24) is 10.2 Å². The Morgan fingerprint density at radius 2 is 1.86 bits per heavy atom. The Morgan fingerprint density at radius 3 is 2.59 bits per heavy atom. The van der Waals surface area contributed by atoms with E-state index in [1.54, 1.807) is 16.7 Å². The van der Waals surface area contributed by atoms with Gasteiger partial charge in [0.05, 0.1) is 16.6 Å². The number of carbonyl (C=O) groups excluding carboxylic acids is 3. The maximum absolute atomic E-state index is 14.0. The molecule has 0 saturated carbocycles. The largest absolute Gasteiger partial charge is 0.396 e. The summed E-state index contributed by atoms with van der Waals surface area (Å²) in [6.45, 7) is 6.61. The maximum atomic E-state index is 14.0. The molecule has 8 heteroatoms. The molecule has 3 fully saturated rings. The van der Waals surface area contributed by atoms with Crippen molar-refractivity contribution in [3.8, 4) is 0 Å². The molecular weight excluding hydrogens is 486 g/mol. The highest BCUT2D eigenvalue weighted by Gasteiger charge is 2.77. The second kappa shape index (κ2) is 9.80. The average Bonchev–Trinajstić information content (AvgIpc) is 3.44. The van der Waals surface area contributed by atoms with Gasteiger partial charge in [0.1, 0.15) is 6.04 Å². The molecule has 7 nitrogen and oxygen atoms in total. The first-order valence-corrected chi connectivity index (χ1v) is 13.8. The minimum Gasteiger partial charge on any atom is -0.396 e. The van der Waals surface area contributed by atoms with Crippen molar-refractivity contribution in [3.63, 3.8) is 0 Å². The Bertz CT molecular complexity index is 1220. The van der Waals surface area contributed by atoms with Crippen LogP contribution >= 0.6 is 11.8 Å². The smallest absolute Gasteiger partial charge is 0.248 e. The van der Waals surface area contributed by atoms with Crippen molar-refractivity contribution in [2.45, 2.75) is 62.1 Å². The van der Waals surface area contributed by atoms with Gasteiger partial charge in [-0.3, -0.25) is 14.4 Å². The van der Waals surface area contributed by atoms with Crippen LogP contribution in [0.2, 0.25) is 0 Å². The number of hydrogen-bond acceptors (Lipinski definition) is 5. The second-order valence-electron chi connectivity index (χ2n) is 10.8. The highest BCUT2D eigenvalue weighted by molar-refractivity contribution is 8.02. The molecule has 2 aromatic rings. The third-order valence-corrected chi connectivity index (χ3v) is 10.3. The molecule has 5 atom stereocenters. The van der Waals surface area contributed by atoms with E-state index in [-0.39, 0.29) is 30.9 Å². The number of hydrogen-bond donors (Lipinski definition) is 3. The van der Waals surface area contributed by atoms with Gasteiger partial charge in [-0.15, -0.1) is 11.8 Å². The summed E-state index contributed by atoms with van der Waals surface area (Å²) in [7, 11) is 0. The predicted molar refractivity (Wildman–Crippen MR) is 145 cm³/mol. The van der Waals surface area contributed by atoms with Crippen molar-refractivity contribution in [1.29, 1.82) is 0 Å². The van der Waals surface area contributed by atoms with Crippen molar-refractivity contribution < 1.29 is 19.5 Å². The first-order chi connectivity index (χ1) is 17.7. The van der Waals surface area contributed by atoms with Crippen LogP contribution in [0.5, 0.6) is 0 Å². The molecule has 3 saturated heterocycles. The SMILES string of the molecule is Cc1ccc(C)c(NC(=O)C2N(CCCO)C(=O)[C@@H]3[C@H](C(=O)NCc4ccccc4)[C@]4(C)CCC23S4)c1. The molecule has 5 rings (SSSR count). The summed E-state index contributed by atoms with van der Waals surface area (Å²) in [6.07, 6.45) is 1.86. The first kappa shape index (κ1) is 25.8. The molecule has 3 heterocycles. The van der Waals surface area contributed by atoms with Crippen LogP contribution < -0.4 is 10.6 Å². The lowest BCUT2D eigenvalue weighted by Crippen LogP contribution is -2.52. The first-order valence-electron chi connectivity index (χ1n) is 13.0. The summed E-state index contributed by atoms with van der Waals surface area (Å²) in [5, 5.41) is 15.7. The molecule has 2 aromatic carbocycles. The monoisotopic (exact) mass is 521 g/mol. The highest BCUT2D eigenvalue weighted by Crippen LogP contribution is 2.71. The predicted octanol–water partition coefficient (Wildman–Crippen LogP) is 3.42. The molecule has 3 aliphatic heterocycles. The van der Waals surface area contributed by atoms with Gasteiger partial charge in [-0.2, -0.15) is 0 Å². The summed E-state index contributed by atoms with van der Waals surface area (Å²) in [5.41, 5.74) is 3.73. The van der Waals surface area contributed by atoms with Gasteiger partial charge in [0.15, 0.2) is 0 Å². The average molecular weight is 522 g/mol. The van der Waals surface area contributed by atoms with E-state index in [0.29, 0.717) is 19.4 Å². The summed E-state index contributed by atoms with van der Waals surface area (Å²) in [5.74, 6) is -1.58. The standard InChI is InChI=1S/C29H35N3O4S/c1-18-10-11-19(2)21(16-18)31-26(35)24-29-13-12-28(3,37-29)22(23(29)27(36)32(24)14-7-15-33)25(34)30-17-20-8-5-4-6-9-20/h4-6,8-11,16,22-24,33H,7,12-15,17H2,1-3H3,(H,30,34)(H,31,35)/t22-,23+,24?,28+,29?/m1/s1. The zero-order chi connectivity index (χ0) is 26.4. The quantitative estimate of drug-likeness (QED) is 0.495. The van der Waals surface area contributed by atoms with Gasteiger partial charge in [0, 0.05) is 30.1 Å². The number of thioether (sulfide) groups is 1. The Hall–Kier alpha value is -2.84. The van der Waals surface area contributed by atoms with E-state index in [1.807, 2.05) is 62.4 Å². The Kier molecular flexibility index (Phi) is 6.83. The fraction of sp³-hybridized carbons (Fsp3) is 0.483. The van der Waals surface area contributed by atoms with Gasteiger partial charge >= 0.3 is 0 Å². The van der Waals surface area contributed by atoms with Gasteiger partial charge in [-0.05, 0) is 62.8 Å². The molecule has 3 aliphatic rings. The third kappa shape index (κ3) is 4.34. The number of aliphatic hydroxyl groups is 1. The number of carbonyl (C=O) groups is 3. The molecule has 2 unspecified atom stereocenters. The number of rotatable bonds is 8. The molecule has 0 aliphatic carbocycles. The van der Waals surface area contributed by atoms with Crippen molar-refractivity contribution in [2.24, 2.45) is 11.8 Å². The van der Waals surface area contributed by atoms with Gasteiger partial charge in [-0.25, -0.2) is 0 Å². The van der Waals surface area contributed by atoms with E-state index in [9.17, 15) is 19.5 Å². The zero-order valence-corrected chi connectivity index (χ0v) is 22.4. The molecule has 0 aromatic heterocycles. The number of aryl methyl sites for hydroxylation is 2. The topological polar surface area (TPSA) is 98.7 Å². The number of benzene rings is 2. The van der Waals surface area contributed by atoms with E-state index in [0.717, 1.165) is 28.8 Å². The minimum absolute atomic E-state index is 0.0708. The lowest BCUT2D eigenvalue weighted by atomic mass is 9.66. The maximum Gasteiger partial charge on any atom is 0.248 e. The Balaban J connectivity index is 1.46. The van der Waals surface area contributed by atoms with E-state index < -0.39 is 27.4 Å². The van der Waals surface area contributed by atoms with E-state index in [4.69, 9.17) is 0 Å². The van der Waals surface area contributed by atoms with Crippen LogP contribution in [0, 0.1) is 25.7 Å². The second-order valence-corrected chi connectivity index (χ2v) is 12.7. The Labute approximate surface area is 222 Å². The molecule has 0 radical (unpaired) electrons. The van der Waals surface area contributed by atoms with Crippen LogP contribution in [0.15, 0.2) is 48.5 Å². The number of aliphatic hydroxyl groups excluding tert-OH is 1. The summed E-state index contributed by atoms with van der Waals surface area (Å²) in [4.78, 5) is 43.2. The summed E-state index contributed by atoms with van der Waals surface area (Å²) in [6, 6.07) is 14.9. The number of nitrogens with one attached hydrogen (secondary N) is 2. The van der Waals surface area contributed by atoms with Crippen molar-refractivity contribution >= 4 is 35.2 Å². The molecule has 1 spiro atoms. The summed E-state index contributed by atoms with van der Waals surface area (Å²) >= 11 is 1.66. The van der Waals surface area contributed by atoms with Crippen LogP contribution in [-0.2, 0) is 20.9 Å². The van der Waals surface area contributed by atoms with Gasteiger partial charge in [-0.1, -0.05) is 42.5 Å². The van der Waals surface area contributed by atoms with Crippen molar-refractivity contribution in [2.75, 3.05) is 18.5 Å². The number of anilines is 1. The van der Waals surface area contributed by atoms with Crippen LogP contribution in [0.25, 0.3) is 0 Å². The van der Waals surface area contributed by atoms with E-state index in [2.05, 4.69) is 17.6 Å². The third-order valence-electron chi connectivity index (χ3n) is 8.33. The molecule has 3 amide bonds. The van der Waals surface area contributed by atoms with E-state index >= 15 is 0 Å². The van der Waals surface area contributed by atoms with Gasteiger partial charge < -0.3 is 20.6 Å². The van der Waals surface area contributed by atoms with E-state index in [1.165, 1.54) is 0 Å². The summed E-state index contributed by atoms with van der Waals surface area (Å²) < 4.78 is -1.08. The molecule has 2 bridgehead atoms. The molecule has 37 heavy (non-hydrogen) atoms. The fourth-order valence-corrected chi connectivity index (χ4v) is 8.93. The zero-order valence-electron chi connectivity index (χ0n) is 21.6. The number of fused-ring (bicyclic) bond motifs is 1. The van der Waals surface area contributed by atoms with Crippen LogP contribution in [0.4, 0.5) is 5.69 Å². The van der Waals surface area contributed by atoms with Gasteiger partial charge in [0.25, 0.3) is 0 Å². The number of amides is 3. The van der Waals surface area contributed by atoms with Crippen LogP contribution in [-0.4, -0.2) is 56.4 Å². The minimum atomic E-state index is -0.699.